The second-order valence-electron chi connectivity index (χ2n) is 5.60. The van der Waals surface area contributed by atoms with Gasteiger partial charge < -0.3 is 14.8 Å². The molecule has 1 aromatic carbocycles. The summed E-state index contributed by atoms with van der Waals surface area (Å²) >= 11 is 0. The van der Waals surface area contributed by atoms with Crippen LogP contribution in [0.15, 0.2) is 59.5 Å². The Balaban J connectivity index is 1.57. The number of carbonyl (C=O) groups excluding carboxylic acids is 2. The van der Waals surface area contributed by atoms with E-state index in [0.717, 1.165) is 0 Å². The Morgan fingerprint density at radius 2 is 2.00 bits per heavy atom. The maximum atomic E-state index is 12.1. The summed E-state index contributed by atoms with van der Waals surface area (Å²) in [5.74, 6) is -0.578. The predicted molar refractivity (Wildman–Crippen MR) is 92.6 cm³/mol. The Kier molecular flexibility index (Phi) is 5.23. The van der Waals surface area contributed by atoms with Crippen molar-refractivity contribution < 1.29 is 19.1 Å². The van der Waals surface area contributed by atoms with Gasteiger partial charge >= 0.3 is 11.7 Å². The number of carbonyl (C=O) groups is 2. The van der Waals surface area contributed by atoms with Crippen molar-refractivity contribution in [1.29, 1.82) is 0 Å². The van der Waals surface area contributed by atoms with E-state index in [1.807, 2.05) is 6.07 Å². The molecule has 0 saturated carbocycles. The second kappa shape index (κ2) is 7.75. The molecule has 3 rings (SSSR count). The van der Waals surface area contributed by atoms with E-state index in [9.17, 15) is 14.4 Å². The third-order valence-electron chi connectivity index (χ3n) is 3.60. The van der Waals surface area contributed by atoms with Crippen LogP contribution in [0.1, 0.15) is 23.5 Å². The summed E-state index contributed by atoms with van der Waals surface area (Å²) in [5, 5.41) is 2.44. The lowest BCUT2D eigenvalue weighted by Crippen LogP contribution is -2.29. The normalized spacial score (nSPS) is 18.5. The van der Waals surface area contributed by atoms with Crippen molar-refractivity contribution in [3.63, 3.8) is 0 Å². The van der Waals surface area contributed by atoms with Crippen molar-refractivity contribution in [2.45, 2.75) is 19.3 Å². The Hall–Kier alpha value is -3.26. The first kappa shape index (κ1) is 17.6. The molecule has 26 heavy (non-hydrogen) atoms. The fraction of sp³-hybridized carbons (Fsp3) is 0.222. The molecule has 2 atom stereocenters. The standard InChI is InChI=1S/C18H17N3O5/c1-12(22)19-15-9-10-21(18(24)20-15)16-8-7-14(26-16)11-25-17(23)13-5-3-2-4-6-13/h2-10,14,16H,11H2,1H3,(H,19,20,22,24)/t14-,16+/m0/s1. The molecule has 0 radical (unpaired) electrons. The van der Waals surface area contributed by atoms with E-state index in [4.69, 9.17) is 9.47 Å². The number of ether oxygens (including phenoxy) is 2. The lowest BCUT2D eigenvalue weighted by Gasteiger charge is -2.16. The number of esters is 1. The quantitative estimate of drug-likeness (QED) is 0.645. The molecule has 0 fully saturated rings. The third-order valence-corrected chi connectivity index (χ3v) is 3.60. The van der Waals surface area contributed by atoms with E-state index in [-0.39, 0.29) is 18.3 Å². The molecule has 8 nitrogen and oxygen atoms in total. The van der Waals surface area contributed by atoms with Crippen molar-refractivity contribution in [2.75, 3.05) is 11.9 Å². The molecular weight excluding hydrogens is 338 g/mol. The van der Waals surface area contributed by atoms with Crippen LogP contribution in [0.5, 0.6) is 0 Å². The first-order valence-corrected chi connectivity index (χ1v) is 7.95. The summed E-state index contributed by atoms with van der Waals surface area (Å²) in [7, 11) is 0. The van der Waals surface area contributed by atoms with Gasteiger partial charge in [0, 0.05) is 13.1 Å². The zero-order valence-electron chi connectivity index (χ0n) is 14.0. The van der Waals surface area contributed by atoms with Crippen LogP contribution in [0.3, 0.4) is 0 Å². The van der Waals surface area contributed by atoms with Gasteiger partial charge in [0.25, 0.3) is 0 Å². The largest absolute Gasteiger partial charge is 0.459 e. The molecule has 1 N–H and O–H groups in total. The number of aromatic nitrogens is 2. The predicted octanol–water partition coefficient (Wildman–Crippen LogP) is 1.51. The van der Waals surface area contributed by atoms with E-state index in [1.165, 1.54) is 23.8 Å². The molecular formula is C18H17N3O5. The SMILES string of the molecule is CC(=O)Nc1ccn([C@H]2C=C[C@@H](COC(=O)c3ccccc3)O2)c(=O)n1. The first-order chi connectivity index (χ1) is 12.5. The van der Waals surface area contributed by atoms with Crippen molar-refractivity contribution in [1.82, 2.24) is 9.55 Å². The summed E-state index contributed by atoms with van der Waals surface area (Å²) in [5.41, 5.74) is -0.104. The average Bonchev–Trinajstić information content (AvgIpc) is 3.08. The van der Waals surface area contributed by atoms with Crippen molar-refractivity contribution in [2.24, 2.45) is 0 Å². The Morgan fingerprint density at radius 3 is 2.69 bits per heavy atom. The summed E-state index contributed by atoms with van der Waals surface area (Å²) in [6.07, 6.45) is 3.77. The molecule has 0 spiro atoms. The molecule has 0 aliphatic carbocycles. The second-order valence-corrected chi connectivity index (χ2v) is 5.60. The van der Waals surface area contributed by atoms with Gasteiger partial charge in [0.15, 0.2) is 6.23 Å². The van der Waals surface area contributed by atoms with Gasteiger partial charge in [-0.25, -0.2) is 9.59 Å². The number of nitrogens with one attached hydrogen (secondary N) is 1. The molecule has 2 heterocycles. The fourth-order valence-corrected chi connectivity index (χ4v) is 2.41. The molecule has 134 valence electrons. The van der Waals surface area contributed by atoms with E-state index in [2.05, 4.69) is 10.3 Å². The summed E-state index contributed by atoms with van der Waals surface area (Å²) < 4.78 is 12.2. The molecule has 0 unspecified atom stereocenters. The molecule has 1 amide bonds. The topological polar surface area (TPSA) is 99.5 Å². The lowest BCUT2D eigenvalue weighted by atomic mass is 10.2. The highest BCUT2D eigenvalue weighted by Gasteiger charge is 2.23. The Labute approximate surface area is 149 Å². The van der Waals surface area contributed by atoms with Gasteiger partial charge in [0.1, 0.15) is 18.5 Å². The number of benzene rings is 1. The van der Waals surface area contributed by atoms with Gasteiger partial charge in [-0.3, -0.25) is 9.36 Å². The monoisotopic (exact) mass is 355 g/mol. The summed E-state index contributed by atoms with van der Waals surface area (Å²) in [4.78, 5) is 38.8. The molecule has 8 heteroatoms. The molecule has 0 saturated heterocycles. The van der Waals surface area contributed by atoms with Gasteiger partial charge in [-0.1, -0.05) is 24.3 Å². The van der Waals surface area contributed by atoms with Gasteiger partial charge in [-0.05, 0) is 24.3 Å². The van der Waals surface area contributed by atoms with Crippen LogP contribution in [-0.2, 0) is 14.3 Å². The van der Waals surface area contributed by atoms with Crippen LogP contribution in [0.25, 0.3) is 0 Å². The minimum Gasteiger partial charge on any atom is -0.459 e. The third kappa shape index (κ3) is 4.22. The number of rotatable bonds is 5. The highest BCUT2D eigenvalue weighted by atomic mass is 16.6. The smallest absolute Gasteiger partial charge is 0.351 e. The summed E-state index contributed by atoms with van der Waals surface area (Å²) in [6.45, 7) is 1.37. The van der Waals surface area contributed by atoms with E-state index in [1.54, 1.807) is 36.4 Å². The number of anilines is 1. The number of amides is 1. The first-order valence-electron chi connectivity index (χ1n) is 7.95. The van der Waals surface area contributed by atoms with Crippen LogP contribution >= 0.6 is 0 Å². The maximum Gasteiger partial charge on any atom is 0.351 e. The number of hydrogen-bond acceptors (Lipinski definition) is 6. The van der Waals surface area contributed by atoms with Gasteiger partial charge in [-0.2, -0.15) is 4.98 Å². The van der Waals surface area contributed by atoms with Crippen LogP contribution in [0.4, 0.5) is 5.82 Å². The molecule has 1 aliphatic heterocycles. The minimum atomic E-state index is -0.651. The number of nitrogens with zero attached hydrogens (tertiary/aromatic N) is 2. The van der Waals surface area contributed by atoms with Crippen LogP contribution in [0.2, 0.25) is 0 Å². The highest BCUT2D eigenvalue weighted by Crippen LogP contribution is 2.20. The van der Waals surface area contributed by atoms with E-state index in [0.29, 0.717) is 5.56 Å². The van der Waals surface area contributed by atoms with Crippen molar-refractivity contribution in [3.8, 4) is 0 Å². The molecule has 0 bridgehead atoms. The van der Waals surface area contributed by atoms with Gasteiger partial charge in [-0.15, -0.1) is 0 Å². The van der Waals surface area contributed by atoms with Crippen molar-refractivity contribution in [3.05, 3.63) is 70.8 Å². The lowest BCUT2D eigenvalue weighted by molar-refractivity contribution is -0.114. The molecule has 1 aromatic heterocycles. The van der Waals surface area contributed by atoms with Crippen LogP contribution in [-0.4, -0.2) is 34.1 Å². The summed E-state index contributed by atoms with van der Waals surface area (Å²) in [6, 6.07) is 10.2. The maximum absolute atomic E-state index is 12.1. The van der Waals surface area contributed by atoms with E-state index < -0.39 is 24.0 Å². The minimum absolute atomic E-state index is 0.0346. The fourth-order valence-electron chi connectivity index (χ4n) is 2.41. The van der Waals surface area contributed by atoms with Gasteiger partial charge in [0.2, 0.25) is 5.91 Å². The zero-order chi connectivity index (χ0) is 18.5. The van der Waals surface area contributed by atoms with Gasteiger partial charge in [0.05, 0.1) is 5.56 Å². The van der Waals surface area contributed by atoms with Crippen molar-refractivity contribution >= 4 is 17.7 Å². The average molecular weight is 355 g/mol. The van der Waals surface area contributed by atoms with E-state index >= 15 is 0 Å². The highest BCUT2D eigenvalue weighted by molar-refractivity contribution is 5.89. The molecule has 2 aromatic rings. The number of hydrogen-bond donors (Lipinski definition) is 1. The van der Waals surface area contributed by atoms with Crippen LogP contribution in [0, 0.1) is 0 Å². The zero-order valence-corrected chi connectivity index (χ0v) is 14.0. The Bertz CT molecular complexity index is 891. The van der Waals surface area contributed by atoms with Crippen LogP contribution < -0.4 is 11.0 Å². The Morgan fingerprint density at radius 1 is 1.23 bits per heavy atom. The molecule has 1 aliphatic rings.